The fraction of sp³-hybridized carbons (Fsp3) is 0.238. The van der Waals surface area contributed by atoms with Gasteiger partial charge in [0, 0.05) is 34.6 Å². The van der Waals surface area contributed by atoms with Gasteiger partial charge in [0.25, 0.3) is 0 Å². The molecule has 1 unspecified atom stereocenters. The van der Waals surface area contributed by atoms with Crippen LogP contribution in [0.15, 0.2) is 54.9 Å². The lowest BCUT2D eigenvalue weighted by Crippen LogP contribution is -2.31. The molecule has 0 N–H and O–H groups in total. The zero-order valence-corrected chi connectivity index (χ0v) is 15.7. The second-order valence-electron chi connectivity index (χ2n) is 7.20. The Bertz CT molecular complexity index is 928. The molecule has 126 valence electrons. The van der Waals surface area contributed by atoms with Crippen LogP contribution in [-0.2, 0) is 0 Å². The molecule has 0 aliphatic heterocycles. The minimum absolute atomic E-state index is 0.130. The number of halogens is 1. The van der Waals surface area contributed by atoms with E-state index in [2.05, 4.69) is 37.0 Å². The van der Waals surface area contributed by atoms with E-state index in [1.807, 2.05) is 24.3 Å². The molecule has 1 aromatic carbocycles. The Balaban J connectivity index is 1.88. The van der Waals surface area contributed by atoms with Gasteiger partial charge in [-0.25, -0.2) is 0 Å². The van der Waals surface area contributed by atoms with E-state index in [-0.39, 0.29) is 17.1 Å². The average molecular weight is 368 g/mol. The highest BCUT2D eigenvalue weighted by Gasteiger charge is 2.42. The van der Waals surface area contributed by atoms with Crippen molar-refractivity contribution in [2.45, 2.75) is 26.2 Å². The summed E-state index contributed by atoms with van der Waals surface area (Å²) >= 11 is 7.67. The van der Waals surface area contributed by atoms with Gasteiger partial charge in [-0.05, 0) is 52.4 Å². The van der Waals surface area contributed by atoms with Gasteiger partial charge in [-0.1, -0.05) is 37.6 Å². The third-order valence-electron chi connectivity index (χ3n) is 4.89. The van der Waals surface area contributed by atoms with Crippen molar-refractivity contribution in [3.8, 4) is 10.4 Å². The highest BCUT2D eigenvalue weighted by molar-refractivity contribution is 7.17. The molecule has 2 nitrogen and oxygen atoms in total. The molecule has 2 heterocycles. The molecule has 25 heavy (non-hydrogen) atoms. The van der Waals surface area contributed by atoms with Crippen LogP contribution < -0.4 is 0 Å². The van der Waals surface area contributed by atoms with Crippen molar-refractivity contribution >= 4 is 28.7 Å². The number of aromatic nitrogens is 1. The van der Waals surface area contributed by atoms with Crippen molar-refractivity contribution in [2.75, 3.05) is 0 Å². The lowest BCUT2D eigenvalue weighted by molar-refractivity contribution is 0.0903. The zero-order valence-electron chi connectivity index (χ0n) is 14.1. The number of rotatable bonds is 2. The number of hydrogen-bond acceptors (Lipinski definition) is 3. The molecular weight excluding hydrogens is 350 g/mol. The Morgan fingerprint density at radius 1 is 1.12 bits per heavy atom. The van der Waals surface area contributed by atoms with Crippen LogP contribution in [0.25, 0.3) is 10.4 Å². The minimum Gasteiger partial charge on any atom is -0.293 e. The van der Waals surface area contributed by atoms with Crippen LogP contribution in [0.4, 0.5) is 0 Å². The first kappa shape index (κ1) is 16.5. The van der Waals surface area contributed by atoms with Crippen molar-refractivity contribution in [1.82, 2.24) is 4.98 Å². The van der Waals surface area contributed by atoms with E-state index in [4.69, 9.17) is 11.6 Å². The maximum Gasteiger partial charge on any atom is 0.173 e. The van der Waals surface area contributed by atoms with Gasteiger partial charge in [0.2, 0.25) is 0 Å². The van der Waals surface area contributed by atoms with Crippen molar-refractivity contribution in [1.29, 1.82) is 0 Å². The van der Waals surface area contributed by atoms with Crippen molar-refractivity contribution < 1.29 is 4.79 Å². The molecule has 3 aromatic rings. The third-order valence-corrected chi connectivity index (χ3v) is 6.38. The molecule has 0 fully saturated rings. The molecule has 1 aliphatic carbocycles. The van der Waals surface area contributed by atoms with Gasteiger partial charge in [-0.2, -0.15) is 0 Å². The number of benzene rings is 1. The van der Waals surface area contributed by atoms with Gasteiger partial charge in [-0.3, -0.25) is 9.78 Å². The van der Waals surface area contributed by atoms with Crippen LogP contribution in [0.1, 0.15) is 47.0 Å². The number of thiophene rings is 1. The summed E-state index contributed by atoms with van der Waals surface area (Å²) < 4.78 is 0. The second-order valence-corrected chi connectivity index (χ2v) is 8.69. The molecule has 0 saturated heterocycles. The lowest BCUT2D eigenvalue weighted by Gasteiger charge is -2.38. The van der Waals surface area contributed by atoms with Gasteiger partial charge in [-0.15, -0.1) is 11.3 Å². The Kier molecular flexibility index (Phi) is 4.01. The van der Waals surface area contributed by atoms with Crippen molar-refractivity contribution in [3.05, 3.63) is 75.9 Å². The number of ketones is 1. The summed E-state index contributed by atoms with van der Waals surface area (Å²) in [4.78, 5) is 18.9. The van der Waals surface area contributed by atoms with Crippen LogP contribution in [-0.4, -0.2) is 10.8 Å². The van der Waals surface area contributed by atoms with Crippen LogP contribution in [0, 0.1) is 5.41 Å². The van der Waals surface area contributed by atoms with E-state index in [0.717, 1.165) is 25.9 Å². The monoisotopic (exact) mass is 367 g/mol. The van der Waals surface area contributed by atoms with Crippen LogP contribution in [0.3, 0.4) is 0 Å². The topological polar surface area (TPSA) is 30.0 Å². The predicted octanol–water partition coefficient (Wildman–Crippen LogP) is 6.21. The quantitative estimate of drug-likeness (QED) is 0.539. The molecule has 1 aliphatic rings. The van der Waals surface area contributed by atoms with Crippen molar-refractivity contribution in [3.63, 3.8) is 0 Å². The number of pyridine rings is 1. The number of nitrogens with zero attached hydrogens (tertiary/aromatic N) is 1. The fourth-order valence-corrected chi connectivity index (χ4v) is 5.07. The molecule has 0 saturated carbocycles. The SMILES string of the molecule is CC1(C)CC(=O)c2sc(-c3ccncc3)cc2C1c1ccc(Cl)cc1. The van der Waals surface area contributed by atoms with E-state index in [1.54, 1.807) is 23.7 Å². The maximum atomic E-state index is 12.8. The van der Waals surface area contributed by atoms with E-state index in [9.17, 15) is 4.79 Å². The fourth-order valence-electron chi connectivity index (χ4n) is 3.80. The summed E-state index contributed by atoms with van der Waals surface area (Å²) in [6.07, 6.45) is 4.14. The summed E-state index contributed by atoms with van der Waals surface area (Å²) in [5.74, 6) is 0.430. The molecular formula is C21H18ClNOS. The first-order chi connectivity index (χ1) is 12.0. The van der Waals surface area contributed by atoms with Gasteiger partial charge in [0.15, 0.2) is 5.78 Å². The van der Waals surface area contributed by atoms with E-state index >= 15 is 0 Å². The normalized spacial score (nSPS) is 18.8. The molecule has 4 rings (SSSR count). The average Bonchev–Trinajstić information content (AvgIpc) is 3.02. The molecule has 4 heteroatoms. The smallest absolute Gasteiger partial charge is 0.173 e. The Morgan fingerprint density at radius 2 is 1.80 bits per heavy atom. The van der Waals surface area contributed by atoms with Gasteiger partial charge < -0.3 is 0 Å². The van der Waals surface area contributed by atoms with Gasteiger partial charge in [0.05, 0.1) is 4.88 Å². The number of Topliss-reactive ketones (excluding diaryl/α,β-unsaturated/α-hetero) is 1. The maximum absolute atomic E-state index is 12.8. The molecule has 0 bridgehead atoms. The summed E-state index contributed by atoms with van der Waals surface area (Å²) in [6.45, 7) is 4.35. The molecule has 1 atom stereocenters. The lowest BCUT2D eigenvalue weighted by atomic mass is 9.65. The Hall–Kier alpha value is -1.97. The van der Waals surface area contributed by atoms with Gasteiger partial charge in [0.1, 0.15) is 0 Å². The van der Waals surface area contributed by atoms with Crippen LogP contribution >= 0.6 is 22.9 Å². The third kappa shape index (κ3) is 2.92. The highest BCUT2D eigenvalue weighted by Crippen LogP contribution is 2.52. The van der Waals surface area contributed by atoms with Crippen LogP contribution in [0.5, 0.6) is 0 Å². The van der Waals surface area contributed by atoms with Gasteiger partial charge >= 0.3 is 0 Å². The second kappa shape index (κ2) is 6.08. The Morgan fingerprint density at radius 3 is 2.48 bits per heavy atom. The number of hydrogen-bond donors (Lipinski definition) is 0. The zero-order chi connectivity index (χ0) is 17.6. The van der Waals surface area contributed by atoms with Crippen molar-refractivity contribution in [2.24, 2.45) is 5.41 Å². The summed E-state index contributed by atoms with van der Waals surface area (Å²) in [5.41, 5.74) is 3.33. The molecule has 2 aromatic heterocycles. The summed E-state index contributed by atoms with van der Waals surface area (Å²) in [6, 6.07) is 14.2. The number of carbonyl (C=O) groups is 1. The Labute approximate surface area is 156 Å². The molecule has 0 spiro atoms. The van der Waals surface area contributed by atoms with E-state index in [1.165, 1.54) is 5.56 Å². The van der Waals surface area contributed by atoms with Crippen LogP contribution in [0.2, 0.25) is 5.02 Å². The number of fused-ring (bicyclic) bond motifs is 1. The number of carbonyl (C=O) groups excluding carboxylic acids is 1. The largest absolute Gasteiger partial charge is 0.293 e. The standard InChI is InChI=1S/C21H18ClNOS/c1-21(2)12-17(24)20-16(19(21)14-3-5-15(22)6-4-14)11-18(25-20)13-7-9-23-10-8-13/h3-11,19H,12H2,1-2H3. The summed E-state index contributed by atoms with van der Waals surface area (Å²) in [7, 11) is 0. The minimum atomic E-state index is -0.130. The first-order valence-electron chi connectivity index (χ1n) is 8.28. The van der Waals surface area contributed by atoms with E-state index < -0.39 is 0 Å². The highest BCUT2D eigenvalue weighted by atomic mass is 35.5. The summed E-state index contributed by atoms with van der Waals surface area (Å²) in [5, 5.41) is 0.733. The predicted molar refractivity (Wildman–Crippen MR) is 104 cm³/mol. The molecule has 0 amide bonds. The molecule has 0 radical (unpaired) electrons. The van der Waals surface area contributed by atoms with E-state index in [0.29, 0.717) is 6.42 Å². The first-order valence-corrected chi connectivity index (χ1v) is 9.48.